The summed E-state index contributed by atoms with van der Waals surface area (Å²) in [4.78, 5) is 41.0. The van der Waals surface area contributed by atoms with Crippen LogP contribution in [-0.2, 0) is 29.9 Å². The highest BCUT2D eigenvalue weighted by atomic mass is 28.4. The minimum absolute atomic E-state index is 0.145. The first-order valence-electron chi connectivity index (χ1n) is 17.4. The zero-order valence-corrected chi connectivity index (χ0v) is 31.7. The van der Waals surface area contributed by atoms with Crippen LogP contribution in [0.15, 0.2) is 88.3 Å². The summed E-state index contributed by atoms with van der Waals surface area (Å²) < 4.78 is 32.3. The number of carbonyl (C=O) groups is 1. The molecule has 0 bridgehead atoms. The molecule has 1 aromatic heterocycles. The zero-order chi connectivity index (χ0) is 37.2. The molecule has 2 aliphatic heterocycles. The lowest BCUT2D eigenvalue weighted by Gasteiger charge is -2.43. The lowest BCUT2D eigenvalue weighted by Crippen LogP contribution is -2.66. The minimum atomic E-state index is -3.07. The summed E-state index contributed by atoms with van der Waals surface area (Å²) >= 11 is 0. The van der Waals surface area contributed by atoms with E-state index >= 15 is 0 Å². The van der Waals surface area contributed by atoms with Crippen molar-refractivity contribution in [1.82, 2.24) is 14.9 Å². The van der Waals surface area contributed by atoms with Gasteiger partial charge < -0.3 is 38.4 Å². The van der Waals surface area contributed by atoms with Gasteiger partial charge >= 0.3 is 20.1 Å². The number of amides is 1. The van der Waals surface area contributed by atoms with E-state index in [4.69, 9.17) is 23.4 Å². The highest BCUT2D eigenvalue weighted by molar-refractivity contribution is 6.99. The van der Waals surface area contributed by atoms with Gasteiger partial charge in [0, 0.05) is 19.3 Å². The molecule has 0 spiro atoms. The molecule has 1 fully saturated rings. The molecule has 12 nitrogen and oxygen atoms in total. The van der Waals surface area contributed by atoms with Crippen LogP contribution < -0.4 is 26.9 Å². The highest BCUT2D eigenvalue weighted by Gasteiger charge is 2.53. The summed E-state index contributed by atoms with van der Waals surface area (Å²) in [6.45, 7) is 15.3. The quantitative estimate of drug-likeness (QED) is 0.251. The van der Waals surface area contributed by atoms with Crippen molar-refractivity contribution in [2.45, 2.75) is 109 Å². The Morgan fingerprint density at radius 1 is 0.961 bits per heavy atom. The Hall–Kier alpha value is -4.01. The van der Waals surface area contributed by atoms with Crippen LogP contribution in [0.2, 0.25) is 5.04 Å². The second-order valence-electron chi connectivity index (χ2n) is 15.5. The van der Waals surface area contributed by atoms with Gasteiger partial charge in [-0.25, -0.2) is 9.59 Å². The summed E-state index contributed by atoms with van der Waals surface area (Å²) in [5, 5.41) is 15.0. The van der Waals surface area contributed by atoms with Crippen LogP contribution in [0.1, 0.15) is 73.5 Å². The van der Waals surface area contributed by atoms with Crippen molar-refractivity contribution in [2.75, 3.05) is 13.2 Å². The number of H-pyrrole nitrogens is 1. The van der Waals surface area contributed by atoms with Crippen molar-refractivity contribution >= 4 is 24.8 Å². The van der Waals surface area contributed by atoms with E-state index in [0.29, 0.717) is 12.2 Å². The normalized spacial score (nSPS) is 22.0. The molecule has 1 saturated heterocycles. The summed E-state index contributed by atoms with van der Waals surface area (Å²) in [6, 6.07) is 20.2. The number of aliphatic hydroxyl groups is 1. The fourth-order valence-electron chi connectivity index (χ4n) is 6.75. The number of rotatable bonds is 11. The average Bonchev–Trinajstić information content (AvgIpc) is 3.60. The number of aromatic nitrogens is 2. The molecule has 0 aliphatic carbocycles. The third kappa shape index (κ3) is 8.72. The molecule has 0 saturated carbocycles. The Morgan fingerprint density at radius 2 is 1.55 bits per heavy atom. The predicted molar refractivity (Wildman–Crippen MR) is 195 cm³/mol. The number of hydrogen-bond donors (Lipinski definition) is 3. The molecule has 1 amide bonds. The van der Waals surface area contributed by atoms with Crippen molar-refractivity contribution in [3.8, 4) is 0 Å². The van der Waals surface area contributed by atoms with Crippen molar-refractivity contribution in [2.24, 2.45) is 0 Å². The van der Waals surface area contributed by atoms with Gasteiger partial charge in [-0.2, -0.15) is 0 Å². The molecule has 2 aromatic carbocycles. The lowest BCUT2D eigenvalue weighted by atomic mass is 10.1. The second-order valence-corrected chi connectivity index (χ2v) is 19.7. The van der Waals surface area contributed by atoms with Crippen LogP contribution in [-0.4, -0.2) is 71.9 Å². The van der Waals surface area contributed by atoms with Gasteiger partial charge in [-0.15, -0.1) is 0 Å². The molecular formula is C38H51N3O9Si. The van der Waals surface area contributed by atoms with Crippen molar-refractivity contribution in [3.05, 3.63) is 105 Å². The number of ether oxygens (including phenoxy) is 4. The Bertz CT molecular complexity index is 1770. The summed E-state index contributed by atoms with van der Waals surface area (Å²) in [7, 11) is -3.07. The van der Waals surface area contributed by atoms with Gasteiger partial charge in [-0.3, -0.25) is 9.78 Å². The molecule has 2 aliphatic rings. The summed E-state index contributed by atoms with van der Waals surface area (Å²) in [5.74, 6) is -0.469. The number of carbonyl (C=O) groups excluding carboxylic acids is 1. The molecular weight excluding hydrogens is 671 g/mol. The molecule has 5 rings (SSSR count). The van der Waals surface area contributed by atoms with Crippen molar-refractivity contribution < 1.29 is 33.3 Å². The monoisotopic (exact) mass is 721 g/mol. The fraction of sp³-hybridized carbons (Fsp3) is 0.500. The van der Waals surface area contributed by atoms with E-state index in [-0.39, 0.29) is 30.3 Å². The Labute approximate surface area is 299 Å². The van der Waals surface area contributed by atoms with E-state index in [2.05, 4.69) is 55.3 Å². The number of aryl methyl sites for hydroxylation is 1. The smallest absolute Gasteiger partial charge is 0.407 e. The third-order valence-electron chi connectivity index (χ3n) is 8.93. The number of nitrogens with one attached hydrogen (secondary N) is 2. The van der Waals surface area contributed by atoms with Crippen LogP contribution in [0, 0.1) is 0 Å². The molecule has 3 aromatic rings. The maximum atomic E-state index is 13.2. The lowest BCUT2D eigenvalue weighted by molar-refractivity contribution is -0.146. The number of nitrogens with zero attached hydrogens (tertiary/aromatic N) is 1. The molecule has 13 heteroatoms. The van der Waals surface area contributed by atoms with E-state index in [0.717, 1.165) is 10.4 Å². The zero-order valence-electron chi connectivity index (χ0n) is 30.7. The van der Waals surface area contributed by atoms with Crippen LogP contribution in [0.5, 0.6) is 0 Å². The molecule has 3 N–H and O–H groups in total. The van der Waals surface area contributed by atoms with Gasteiger partial charge in [0.2, 0.25) is 0 Å². The van der Waals surface area contributed by atoms with Gasteiger partial charge in [0.25, 0.3) is 5.56 Å². The Morgan fingerprint density at radius 3 is 2.10 bits per heavy atom. The van der Waals surface area contributed by atoms with Crippen LogP contribution in [0.3, 0.4) is 0 Å². The van der Waals surface area contributed by atoms with Crippen LogP contribution in [0.4, 0.5) is 4.79 Å². The molecule has 3 heterocycles. The summed E-state index contributed by atoms with van der Waals surface area (Å²) in [6.07, 6.45) is 0.301. The maximum Gasteiger partial charge on any atom is 0.407 e. The fourth-order valence-corrected chi connectivity index (χ4v) is 11.2. The Balaban J connectivity index is 1.41. The SMILES string of the molecule is CC(C)(C)OC(=O)NCC1OC(C)(C)OC1CCn1cc([C@H]2C=C(O[Si](c3ccccc3)(c3ccccc3)C(C)(C)C)[C@@H](CO)O2)c(=O)[nH]c1=O. The number of benzene rings is 2. The van der Waals surface area contributed by atoms with Gasteiger partial charge in [-0.05, 0) is 62.5 Å². The van der Waals surface area contributed by atoms with Gasteiger partial charge in [0.15, 0.2) is 5.79 Å². The van der Waals surface area contributed by atoms with Crippen molar-refractivity contribution in [1.29, 1.82) is 0 Å². The van der Waals surface area contributed by atoms with Gasteiger partial charge in [0.1, 0.15) is 29.7 Å². The van der Waals surface area contributed by atoms with Gasteiger partial charge in [0.05, 0.1) is 18.3 Å². The third-order valence-corrected chi connectivity index (χ3v) is 13.9. The molecule has 2 unspecified atom stereocenters. The van der Waals surface area contributed by atoms with Gasteiger partial charge in [-0.1, -0.05) is 81.4 Å². The molecule has 4 atom stereocenters. The first-order chi connectivity index (χ1) is 23.9. The van der Waals surface area contributed by atoms with E-state index in [1.54, 1.807) is 40.7 Å². The van der Waals surface area contributed by atoms with Crippen LogP contribution in [0.25, 0.3) is 0 Å². The standard InChI is InChI=1S/C38H51N3O9Si/c1-36(2,3)49-35(45)39-22-31-28(47-38(7,8)48-31)19-20-41-23-27(33(43)40-34(41)44)29-21-30(32(24-42)46-29)50-51(37(4,5)6,25-15-11-9-12-16-25)26-17-13-10-14-18-26/h9-18,21,23,28-29,31-32,42H,19-20,22,24H2,1-8H3,(H,39,45)(H,40,43,44)/t28?,29-,31?,32-/m1/s1. The number of aromatic amines is 1. The first-order valence-corrected chi connectivity index (χ1v) is 19.3. The largest absolute Gasteiger partial charge is 0.535 e. The number of alkyl carbamates (subject to hydrolysis) is 1. The predicted octanol–water partition coefficient (Wildman–Crippen LogP) is 3.86. The van der Waals surface area contributed by atoms with E-state index < -0.39 is 61.5 Å². The number of aliphatic hydroxyl groups excluding tert-OH is 1. The second kappa shape index (κ2) is 14.9. The van der Waals surface area contributed by atoms with E-state index in [9.17, 15) is 19.5 Å². The van der Waals surface area contributed by atoms with Crippen LogP contribution >= 0.6 is 0 Å². The summed E-state index contributed by atoms with van der Waals surface area (Å²) in [5.41, 5.74) is -1.64. The minimum Gasteiger partial charge on any atom is -0.535 e. The van der Waals surface area contributed by atoms with E-state index in [1.165, 1.54) is 10.8 Å². The topological polar surface area (TPSA) is 150 Å². The Kier molecular flexibility index (Phi) is 11.2. The molecule has 0 radical (unpaired) electrons. The molecule has 276 valence electrons. The van der Waals surface area contributed by atoms with E-state index in [1.807, 2.05) is 36.4 Å². The average molecular weight is 722 g/mol. The highest BCUT2D eigenvalue weighted by Crippen LogP contribution is 2.41. The maximum absolute atomic E-state index is 13.2. The number of hydrogen-bond acceptors (Lipinski definition) is 9. The first kappa shape index (κ1) is 38.2. The molecule has 51 heavy (non-hydrogen) atoms. The van der Waals surface area contributed by atoms with Crippen molar-refractivity contribution in [3.63, 3.8) is 0 Å².